The van der Waals surface area contributed by atoms with Gasteiger partial charge in [0.2, 0.25) is 5.91 Å². The van der Waals surface area contributed by atoms with Crippen molar-refractivity contribution in [3.8, 4) is 0 Å². The van der Waals surface area contributed by atoms with Crippen LogP contribution in [-0.2, 0) is 23.2 Å². The minimum atomic E-state index is -0.959. The van der Waals surface area contributed by atoms with Crippen molar-refractivity contribution in [3.63, 3.8) is 0 Å². The Hall–Kier alpha value is -2.20. The van der Waals surface area contributed by atoms with E-state index >= 15 is 0 Å². The molecule has 1 amide bonds. The zero-order valence-electron chi connectivity index (χ0n) is 13.5. The Kier molecular flexibility index (Phi) is 4.18. The average molecular weight is 310 g/mol. The molecular weight excluding hydrogens is 288 g/mol. The minimum absolute atomic E-state index is 0.0546. The third-order valence-corrected chi connectivity index (χ3v) is 4.65. The average Bonchev–Trinajstić information content (AvgIpc) is 2.55. The van der Waals surface area contributed by atoms with Crippen LogP contribution in [0.1, 0.15) is 37.0 Å². The first-order valence-electron chi connectivity index (χ1n) is 8.03. The fourth-order valence-corrected chi connectivity index (χ4v) is 3.11. The summed E-state index contributed by atoms with van der Waals surface area (Å²) in [4.78, 5) is 15.6. The van der Waals surface area contributed by atoms with Crippen molar-refractivity contribution in [2.45, 2.75) is 38.7 Å². The first-order chi connectivity index (χ1) is 11.0. The van der Waals surface area contributed by atoms with Crippen molar-refractivity contribution in [1.29, 1.82) is 0 Å². The van der Waals surface area contributed by atoms with Crippen molar-refractivity contribution in [1.82, 2.24) is 4.98 Å². The van der Waals surface area contributed by atoms with Crippen molar-refractivity contribution < 1.29 is 9.90 Å². The molecule has 1 unspecified atom stereocenters. The lowest BCUT2D eigenvalue weighted by Crippen LogP contribution is -2.35. The molecule has 1 aliphatic heterocycles. The number of carbonyl (C=O) groups excluding carboxylic acids is 1. The van der Waals surface area contributed by atoms with Gasteiger partial charge in [-0.05, 0) is 41.2 Å². The fourth-order valence-electron chi connectivity index (χ4n) is 3.11. The summed E-state index contributed by atoms with van der Waals surface area (Å²) in [5.41, 5.74) is 2.89. The summed E-state index contributed by atoms with van der Waals surface area (Å²) < 4.78 is 0. The molecule has 4 heteroatoms. The van der Waals surface area contributed by atoms with E-state index in [9.17, 15) is 9.90 Å². The van der Waals surface area contributed by atoms with E-state index in [0.29, 0.717) is 12.8 Å². The van der Waals surface area contributed by atoms with E-state index in [-0.39, 0.29) is 11.8 Å². The van der Waals surface area contributed by atoms with E-state index in [2.05, 4.69) is 10.3 Å². The Bertz CT molecular complexity index is 713. The molecular formula is C19H22N2O2. The maximum absolute atomic E-state index is 11.5. The van der Waals surface area contributed by atoms with Gasteiger partial charge in [-0.15, -0.1) is 0 Å². The molecule has 0 spiro atoms. The van der Waals surface area contributed by atoms with Crippen LogP contribution in [-0.4, -0.2) is 16.0 Å². The van der Waals surface area contributed by atoms with Gasteiger partial charge in [0, 0.05) is 30.9 Å². The highest BCUT2D eigenvalue weighted by Crippen LogP contribution is 2.36. The van der Waals surface area contributed by atoms with E-state index in [1.807, 2.05) is 44.2 Å². The lowest BCUT2D eigenvalue weighted by Gasteiger charge is -2.34. The molecule has 0 fully saturated rings. The summed E-state index contributed by atoms with van der Waals surface area (Å²) in [5.74, 6) is 0.110. The Morgan fingerprint density at radius 2 is 2.13 bits per heavy atom. The second-order valence-electron chi connectivity index (χ2n) is 6.54. The van der Waals surface area contributed by atoms with Crippen molar-refractivity contribution >= 4 is 11.6 Å². The molecule has 2 aromatic rings. The molecule has 4 nitrogen and oxygen atoms in total. The molecule has 23 heavy (non-hydrogen) atoms. The quantitative estimate of drug-likeness (QED) is 0.912. The number of rotatable bonds is 4. The molecule has 0 saturated carbocycles. The van der Waals surface area contributed by atoms with Crippen molar-refractivity contribution in [2.75, 3.05) is 5.32 Å². The topological polar surface area (TPSA) is 62.2 Å². The lowest BCUT2D eigenvalue weighted by atomic mass is 9.78. The molecule has 1 aliphatic rings. The van der Waals surface area contributed by atoms with Crippen LogP contribution in [0.5, 0.6) is 0 Å². The fraction of sp³-hybridized carbons (Fsp3) is 0.368. The summed E-state index contributed by atoms with van der Waals surface area (Å²) in [5, 5.41) is 14.2. The Balaban J connectivity index is 1.96. The van der Waals surface area contributed by atoms with Crippen molar-refractivity contribution in [2.24, 2.45) is 5.92 Å². The molecule has 3 rings (SSSR count). The number of hydrogen-bond acceptors (Lipinski definition) is 3. The number of carbonyl (C=O) groups is 1. The zero-order valence-corrected chi connectivity index (χ0v) is 13.5. The predicted molar refractivity (Wildman–Crippen MR) is 90.1 cm³/mol. The largest absolute Gasteiger partial charge is 0.385 e. The zero-order chi connectivity index (χ0) is 16.4. The number of aryl methyl sites for hydroxylation is 1. The number of aromatic nitrogens is 1. The van der Waals surface area contributed by atoms with E-state index < -0.39 is 5.60 Å². The molecule has 2 N–H and O–H groups in total. The van der Waals surface area contributed by atoms with Gasteiger partial charge in [0.15, 0.2) is 0 Å². The standard InChI is InChI=1S/C19H22N2O2/c1-13(2)19(23,11-14-4-3-9-20-12-14)16-6-7-17-15(10-16)5-8-18(22)21-17/h3-4,6-7,9-10,12-13,23H,5,8,11H2,1-2H3,(H,21,22). The third kappa shape index (κ3) is 3.13. The molecule has 1 aromatic heterocycles. The molecule has 2 heterocycles. The highest BCUT2D eigenvalue weighted by Gasteiger charge is 2.34. The summed E-state index contributed by atoms with van der Waals surface area (Å²) in [6, 6.07) is 9.72. The Morgan fingerprint density at radius 1 is 1.30 bits per heavy atom. The number of amides is 1. The smallest absolute Gasteiger partial charge is 0.224 e. The maximum atomic E-state index is 11.5. The third-order valence-electron chi connectivity index (χ3n) is 4.65. The minimum Gasteiger partial charge on any atom is -0.385 e. The van der Waals surface area contributed by atoms with Crippen LogP contribution in [0, 0.1) is 5.92 Å². The number of aliphatic hydroxyl groups is 1. The van der Waals surface area contributed by atoms with Crippen LogP contribution in [0.3, 0.4) is 0 Å². The molecule has 1 aromatic carbocycles. The first-order valence-corrected chi connectivity index (χ1v) is 8.03. The highest BCUT2D eigenvalue weighted by atomic mass is 16.3. The highest BCUT2D eigenvalue weighted by molar-refractivity contribution is 5.93. The number of anilines is 1. The number of hydrogen-bond donors (Lipinski definition) is 2. The van der Waals surface area contributed by atoms with Crippen LogP contribution in [0.2, 0.25) is 0 Å². The SMILES string of the molecule is CC(C)C(O)(Cc1cccnc1)c1ccc2c(c1)CCC(=O)N2. The number of fused-ring (bicyclic) bond motifs is 1. The second kappa shape index (κ2) is 6.13. The van der Waals surface area contributed by atoms with Gasteiger partial charge in [-0.25, -0.2) is 0 Å². The summed E-state index contributed by atoms with van der Waals surface area (Å²) >= 11 is 0. The van der Waals surface area contributed by atoms with Gasteiger partial charge in [0.25, 0.3) is 0 Å². The van der Waals surface area contributed by atoms with E-state index in [1.54, 1.807) is 12.4 Å². The van der Waals surface area contributed by atoms with Crippen LogP contribution >= 0.6 is 0 Å². The van der Waals surface area contributed by atoms with Crippen molar-refractivity contribution in [3.05, 3.63) is 59.4 Å². The van der Waals surface area contributed by atoms with Gasteiger partial charge in [0.05, 0.1) is 5.60 Å². The van der Waals surface area contributed by atoms with Gasteiger partial charge in [-0.1, -0.05) is 32.0 Å². The molecule has 0 radical (unpaired) electrons. The first kappa shape index (κ1) is 15.7. The monoisotopic (exact) mass is 310 g/mol. The number of nitrogens with zero attached hydrogens (tertiary/aromatic N) is 1. The van der Waals surface area contributed by atoms with Gasteiger partial charge in [0.1, 0.15) is 0 Å². The molecule has 0 saturated heterocycles. The van der Waals surface area contributed by atoms with Gasteiger partial charge in [-0.2, -0.15) is 0 Å². The molecule has 1 atom stereocenters. The second-order valence-corrected chi connectivity index (χ2v) is 6.54. The summed E-state index contributed by atoms with van der Waals surface area (Å²) in [6.07, 6.45) is 5.27. The maximum Gasteiger partial charge on any atom is 0.224 e. The lowest BCUT2D eigenvalue weighted by molar-refractivity contribution is -0.116. The molecule has 120 valence electrons. The van der Waals surface area contributed by atoms with E-state index in [4.69, 9.17) is 0 Å². The summed E-state index contributed by atoms with van der Waals surface area (Å²) in [7, 11) is 0. The Morgan fingerprint density at radius 3 is 2.83 bits per heavy atom. The van der Waals surface area contributed by atoms with E-state index in [0.717, 1.165) is 28.8 Å². The van der Waals surface area contributed by atoms with E-state index in [1.165, 1.54) is 0 Å². The molecule has 0 bridgehead atoms. The van der Waals surface area contributed by atoms with Crippen LogP contribution < -0.4 is 5.32 Å². The van der Waals surface area contributed by atoms with Crippen LogP contribution in [0.15, 0.2) is 42.7 Å². The van der Waals surface area contributed by atoms with Crippen LogP contribution in [0.25, 0.3) is 0 Å². The van der Waals surface area contributed by atoms with Crippen LogP contribution in [0.4, 0.5) is 5.69 Å². The predicted octanol–water partition coefficient (Wildman–Crippen LogP) is 3.05. The Labute approximate surface area is 136 Å². The van der Waals surface area contributed by atoms with Gasteiger partial charge < -0.3 is 10.4 Å². The number of nitrogens with one attached hydrogen (secondary N) is 1. The van der Waals surface area contributed by atoms with Gasteiger partial charge >= 0.3 is 0 Å². The number of benzene rings is 1. The summed E-state index contributed by atoms with van der Waals surface area (Å²) in [6.45, 7) is 4.05. The van der Waals surface area contributed by atoms with Gasteiger partial charge in [-0.3, -0.25) is 9.78 Å². The molecule has 0 aliphatic carbocycles. The normalized spacial score (nSPS) is 16.6. The number of pyridine rings is 1.